The molecule has 0 spiro atoms. The molecule has 1 aromatic rings. The minimum atomic E-state index is -0.216. The maximum Gasteiger partial charge on any atom is 0.164 e. The minimum absolute atomic E-state index is 0.216. The van der Waals surface area contributed by atoms with E-state index in [1.165, 1.54) is 0 Å². The van der Waals surface area contributed by atoms with Crippen LogP contribution in [0.3, 0.4) is 0 Å². The molecular formula is C14H19NO3. The summed E-state index contributed by atoms with van der Waals surface area (Å²) in [6.45, 7) is 1.79. The number of hydrogen-bond donors (Lipinski definition) is 1. The van der Waals surface area contributed by atoms with E-state index in [2.05, 4.69) is 11.8 Å². The van der Waals surface area contributed by atoms with Crippen LogP contribution in [0.1, 0.15) is 24.9 Å². The number of nitrogens with two attached hydrogens (primary N) is 1. The maximum absolute atomic E-state index is 6.09. The first kappa shape index (κ1) is 14.2. The van der Waals surface area contributed by atoms with Crippen molar-refractivity contribution in [3.05, 3.63) is 17.7 Å². The highest BCUT2D eigenvalue weighted by molar-refractivity contribution is 5.52. The molecule has 18 heavy (non-hydrogen) atoms. The highest BCUT2D eigenvalue weighted by atomic mass is 16.5. The van der Waals surface area contributed by atoms with Crippen molar-refractivity contribution in [1.82, 2.24) is 0 Å². The zero-order valence-electron chi connectivity index (χ0n) is 11.2. The predicted octanol–water partition coefficient (Wildman–Crippen LogP) is 2.13. The van der Waals surface area contributed by atoms with Gasteiger partial charge in [-0.25, -0.2) is 0 Å². The molecule has 4 nitrogen and oxygen atoms in total. The molecule has 0 amide bonds. The first-order valence-corrected chi connectivity index (χ1v) is 5.63. The molecule has 0 aliphatic carbocycles. The largest absolute Gasteiger partial charge is 0.496 e. The average Bonchev–Trinajstić information content (AvgIpc) is 2.42. The summed E-state index contributed by atoms with van der Waals surface area (Å²) >= 11 is 0. The molecule has 1 rings (SSSR count). The van der Waals surface area contributed by atoms with Gasteiger partial charge in [0, 0.05) is 24.1 Å². The van der Waals surface area contributed by atoms with E-state index in [-0.39, 0.29) is 6.04 Å². The van der Waals surface area contributed by atoms with E-state index in [9.17, 15) is 0 Å². The third-order valence-corrected chi connectivity index (χ3v) is 2.63. The van der Waals surface area contributed by atoms with Gasteiger partial charge in [-0.2, -0.15) is 0 Å². The van der Waals surface area contributed by atoms with Crippen LogP contribution in [0.2, 0.25) is 0 Å². The van der Waals surface area contributed by atoms with Crippen LogP contribution in [0, 0.1) is 11.8 Å². The summed E-state index contributed by atoms with van der Waals surface area (Å²) in [4.78, 5) is 0. The first-order valence-electron chi connectivity index (χ1n) is 5.63. The van der Waals surface area contributed by atoms with Crippen molar-refractivity contribution in [2.75, 3.05) is 21.3 Å². The van der Waals surface area contributed by atoms with Crippen LogP contribution in [-0.4, -0.2) is 21.3 Å². The Morgan fingerprint density at radius 3 is 2.11 bits per heavy atom. The third-order valence-electron chi connectivity index (χ3n) is 2.63. The van der Waals surface area contributed by atoms with Crippen LogP contribution in [0.5, 0.6) is 17.2 Å². The Kier molecular flexibility index (Phi) is 5.34. The average molecular weight is 249 g/mol. The standard InChI is InChI=1S/C14H19NO3/c1-5-6-7-11(15)10-8-13(17-3)14(18-4)9-12(10)16-2/h8-9,11H,7,15H2,1-4H3. The van der Waals surface area contributed by atoms with E-state index in [1.807, 2.05) is 6.07 Å². The SMILES string of the molecule is CC#CCC(N)c1cc(OC)c(OC)cc1OC. The molecule has 0 aromatic heterocycles. The minimum Gasteiger partial charge on any atom is -0.496 e. The summed E-state index contributed by atoms with van der Waals surface area (Å²) in [6.07, 6.45) is 0.572. The van der Waals surface area contributed by atoms with Crippen LogP contribution < -0.4 is 19.9 Å². The molecule has 4 heteroatoms. The molecule has 1 aromatic carbocycles. The lowest BCUT2D eigenvalue weighted by atomic mass is 10.0. The van der Waals surface area contributed by atoms with E-state index in [0.29, 0.717) is 23.7 Å². The second-order valence-electron chi connectivity index (χ2n) is 3.69. The smallest absolute Gasteiger partial charge is 0.164 e. The first-order chi connectivity index (χ1) is 8.67. The van der Waals surface area contributed by atoms with Gasteiger partial charge in [0.15, 0.2) is 11.5 Å². The summed E-state index contributed by atoms with van der Waals surface area (Å²) in [7, 11) is 4.77. The van der Waals surface area contributed by atoms with Gasteiger partial charge in [0.25, 0.3) is 0 Å². The molecule has 1 unspecified atom stereocenters. The fourth-order valence-electron chi connectivity index (χ4n) is 1.66. The van der Waals surface area contributed by atoms with Crippen LogP contribution >= 0.6 is 0 Å². The van der Waals surface area contributed by atoms with Crippen molar-refractivity contribution in [1.29, 1.82) is 0 Å². The van der Waals surface area contributed by atoms with Crippen molar-refractivity contribution in [3.8, 4) is 29.1 Å². The van der Waals surface area contributed by atoms with Crippen molar-refractivity contribution in [2.24, 2.45) is 5.73 Å². The number of rotatable bonds is 5. The molecule has 98 valence electrons. The summed E-state index contributed by atoms with van der Waals surface area (Å²) in [5, 5.41) is 0. The zero-order chi connectivity index (χ0) is 13.5. The fraction of sp³-hybridized carbons (Fsp3) is 0.429. The Morgan fingerprint density at radius 2 is 1.61 bits per heavy atom. The second kappa shape index (κ2) is 6.77. The van der Waals surface area contributed by atoms with Gasteiger partial charge < -0.3 is 19.9 Å². The quantitative estimate of drug-likeness (QED) is 0.812. The topological polar surface area (TPSA) is 53.7 Å². The molecule has 0 aliphatic heterocycles. The Morgan fingerprint density at radius 1 is 1.06 bits per heavy atom. The Labute approximate surface area is 108 Å². The van der Waals surface area contributed by atoms with Crippen LogP contribution in [0.15, 0.2) is 12.1 Å². The lowest BCUT2D eigenvalue weighted by molar-refractivity contribution is 0.346. The van der Waals surface area contributed by atoms with Crippen LogP contribution in [0.4, 0.5) is 0 Å². The molecule has 0 bridgehead atoms. The van der Waals surface area contributed by atoms with E-state index in [0.717, 1.165) is 5.56 Å². The normalized spacial score (nSPS) is 11.2. The van der Waals surface area contributed by atoms with Crippen molar-refractivity contribution < 1.29 is 14.2 Å². The van der Waals surface area contributed by atoms with E-state index >= 15 is 0 Å². The highest BCUT2D eigenvalue weighted by Gasteiger charge is 2.16. The number of methoxy groups -OCH3 is 3. The number of ether oxygens (including phenoxy) is 3. The van der Waals surface area contributed by atoms with Gasteiger partial charge in [-0.05, 0) is 13.0 Å². The third kappa shape index (κ3) is 3.08. The van der Waals surface area contributed by atoms with Crippen molar-refractivity contribution in [2.45, 2.75) is 19.4 Å². The molecule has 0 aliphatic rings. The van der Waals surface area contributed by atoms with E-state index in [1.54, 1.807) is 34.3 Å². The molecular weight excluding hydrogens is 230 g/mol. The van der Waals surface area contributed by atoms with Gasteiger partial charge in [-0.1, -0.05) is 0 Å². The molecule has 0 saturated heterocycles. The predicted molar refractivity (Wildman–Crippen MR) is 71.1 cm³/mol. The van der Waals surface area contributed by atoms with E-state index < -0.39 is 0 Å². The zero-order valence-corrected chi connectivity index (χ0v) is 11.2. The van der Waals surface area contributed by atoms with Gasteiger partial charge in [-0.15, -0.1) is 11.8 Å². The Hall–Kier alpha value is -1.86. The molecule has 0 heterocycles. The fourth-order valence-corrected chi connectivity index (χ4v) is 1.66. The summed E-state index contributed by atoms with van der Waals surface area (Å²) in [5.74, 6) is 7.72. The van der Waals surface area contributed by atoms with Crippen molar-refractivity contribution in [3.63, 3.8) is 0 Å². The summed E-state index contributed by atoms with van der Waals surface area (Å²) in [5.41, 5.74) is 6.95. The van der Waals surface area contributed by atoms with Gasteiger partial charge in [0.1, 0.15) is 5.75 Å². The molecule has 0 saturated carbocycles. The van der Waals surface area contributed by atoms with Crippen molar-refractivity contribution >= 4 is 0 Å². The van der Waals surface area contributed by atoms with Gasteiger partial charge >= 0.3 is 0 Å². The lowest BCUT2D eigenvalue weighted by Gasteiger charge is -2.17. The van der Waals surface area contributed by atoms with Gasteiger partial charge in [0.2, 0.25) is 0 Å². The van der Waals surface area contributed by atoms with Gasteiger partial charge in [-0.3, -0.25) is 0 Å². The van der Waals surface area contributed by atoms with Crippen LogP contribution in [-0.2, 0) is 0 Å². The molecule has 0 radical (unpaired) electrons. The molecule has 1 atom stereocenters. The number of hydrogen-bond acceptors (Lipinski definition) is 4. The molecule has 0 fully saturated rings. The summed E-state index contributed by atoms with van der Waals surface area (Å²) in [6, 6.07) is 3.39. The number of benzene rings is 1. The van der Waals surface area contributed by atoms with E-state index in [4.69, 9.17) is 19.9 Å². The van der Waals surface area contributed by atoms with Gasteiger partial charge in [0.05, 0.1) is 21.3 Å². The maximum atomic E-state index is 6.09. The molecule has 2 N–H and O–H groups in total. The highest BCUT2D eigenvalue weighted by Crippen LogP contribution is 2.37. The monoisotopic (exact) mass is 249 g/mol. The summed E-state index contributed by atoms with van der Waals surface area (Å²) < 4.78 is 15.8. The lowest BCUT2D eigenvalue weighted by Crippen LogP contribution is -2.11. The van der Waals surface area contributed by atoms with Crippen LogP contribution in [0.25, 0.3) is 0 Å². The second-order valence-corrected chi connectivity index (χ2v) is 3.69. The Balaban J connectivity index is 3.18. The Bertz CT molecular complexity index is 460.